The van der Waals surface area contributed by atoms with Crippen molar-refractivity contribution in [2.24, 2.45) is 5.73 Å². The zero-order chi connectivity index (χ0) is 15.3. The standard InChI is InChI=1S/C14H26N2O2S2/c1-5-7-8-16(11(3)6-2)20(17,18)14-9-13(10-15)19-12(14)4/h9,11H,5-8,10,15H2,1-4H3. The Balaban J connectivity index is 3.17. The van der Waals surface area contributed by atoms with E-state index in [9.17, 15) is 8.42 Å². The summed E-state index contributed by atoms with van der Waals surface area (Å²) in [5.41, 5.74) is 5.62. The largest absolute Gasteiger partial charge is 0.326 e. The van der Waals surface area contributed by atoms with E-state index in [1.165, 1.54) is 11.3 Å². The topological polar surface area (TPSA) is 63.4 Å². The Labute approximate surface area is 127 Å². The van der Waals surface area contributed by atoms with Crippen molar-refractivity contribution >= 4 is 21.4 Å². The molecule has 0 saturated heterocycles. The number of aryl methyl sites for hydroxylation is 1. The third-order valence-electron chi connectivity index (χ3n) is 3.53. The van der Waals surface area contributed by atoms with Gasteiger partial charge in [0.25, 0.3) is 0 Å². The van der Waals surface area contributed by atoms with Gasteiger partial charge >= 0.3 is 0 Å². The Bertz CT molecular complexity index is 523. The number of thiophene rings is 1. The molecular formula is C14H26N2O2S2. The van der Waals surface area contributed by atoms with Crippen LogP contribution in [0.15, 0.2) is 11.0 Å². The molecule has 1 unspecified atom stereocenters. The lowest BCUT2D eigenvalue weighted by Crippen LogP contribution is -2.39. The molecule has 4 nitrogen and oxygen atoms in total. The fourth-order valence-electron chi connectivity index (χ4n) is 2.10. The Morgan fingerprint density at radius 3 is 2.50 bits per heavy atom. The van der Waals surface area contributed by atoms with Gasteiger partial charge in [-0.1, -0.05) is 20.3 Å². The average molecular weight is 319 g/mol. The number of sulfonamides is 1. The molecule has 0 spiro atoms. The summed E-state index contributed by atoms with van der Waals surface area (Å²) in [6.07, 6.45) is 2.69. The molecule has 0 aliphatic rings. The number of hydrogen-bond acceptors (Lipinski definition) is 4. The maximum atomic E-state index is 12.9. The molecule has 116 valence electrons. The highest BCUT2D eigenvalue weighted by Crippen LogP contribution is 2.29. The van der Waals surface area contributed by atoms with E-state index >= 15 is 0 Å². The minimum atomic E-state index is -3.42. The number of hydrogen-bond donors (Lipinski definition) is 1. The zero-order valence-electron chi connectivity index (χ0n) is 12.8. The number of nitrogens with two attached hydrogens (primary N) is 1. The number of nitrogens with zero attached hydrogens (tertiary/aromatic N) is 1. The van der Waals surface area contributed by atoms with Gasteiger partial charge in [-0.25, -0.2) is 8.42 Å². The fraction of sp³-hybridized carbons (Fsp3) is 0.714. The van der Waals surface area contributed by atoms with Gasteiger partial charge in [0.2, 0.25) is 10.0 Å². The minimum Gasteiger partial charge on any atom is -0.326 e. The molecule has 0 saturated carbocycles. The summed E-state index contributed by atoms with van der Waals surface area (Å²) in [7, 11) is -3.42. The first-order valence-electron chi connectivity index (χ1n) is 7.19. The molecule has 0 fully saturated rings. The van der Waals surface area contributed by atoms with E-state index in [4.69, 9.17) is 5.73 Å². The summed E-state index contributed by atoms with van der Waals surface area (Å²) in [5, 5.41) is 0. The van der Waals surface area contributed by atoms with Crippen LogP contribution in [0.3, 0.4) is 0 Å². The highest BCUT2D eigenvalue weighted by atomic mass is 32.2. The molecule has 0 aliphatic carbocycles. The van der Waals surface area contributed by atoms with E-state index in [1.54, 1.807) is 10.4 Å². The van der Waals surface area contributed by atoms with Gasteiger partial charge in [0, 0.05) is 28.9 Å². The number of rotatable bonds is 8. The summed E-state index contributed by atoms with van der Waals surface area (Å²) in [6.45, 7) is 8.89. The first-order chi connectivity index (χ1) is 9.38. The van der Waals surface area contributed by atoms with Crippen LogP contribution in [-0.4, -0.2) is 25.3 Å². The van der Waals surface area contributed by atoms with Crippen LogP contribution in [-0.2, 0) is 16.6 Å². The van der Waals surface area contributed by atoms with E-state index in [0.29, 0.717) is 18.0 Å². The van der Waals surface area contributed by atoms with Crippen molar-refractivity contribution in [3.8, 4) is 0 Å². The van der Waals surface area contributed by atoms with E-state index < -0.39 is 10.0 Å². The second-order valence-corrected chi connectivity index (χ2v) is 8.26. The first-order valence-corrected chi connectivity index (χ1v) is 9.45. The molecule has 1 heterocycles. The maximum Gasteiger partial charge on any atom is 0.244 e. The molecule has 0 amide bonds. The molecule has 1 atom stereocenters. The van der Waals surface area contributed by atoms with Crippen molar-refractivity contribution in [3.63, 3.8) is 0 Å². The van der Waals surface area contributed by atoms with Gasteiger partial charge < -0.3 is 5.73 Å². The van der Waals surface area contributed by atoms with Crippen LogP contribution in [0.1, 0.15) is 49.8 Å². The molecule has 0 radical (unpaired) electrons. The van der Waals surface area contributed by atoms with Gasteiger partial charge in [-0.05, 0) is 32.8 Å². The van der Waals surface area contributed by atoms with Crippen LogP contribution in [0.5, 0.6) is 0 Å². The summed E-state index contributed by atoms with van der Waals surface area (Å²) in [6, 6.07) is 1.75. The van der Waals surface area contributed by atoms with Crippen molar-refractivity contribution in [2.75, 3.05) is 6.54 Å². The Morgan fingerprint density at radius 2 is 2.05 bits per heavy atom. The summed E-state index contributed by atoms with van der Waals surface area (Å²) in [5.74, 6) is 0. The molecule has 0 aromatic carbocycles. The second kappa shape index (κ2) is 7.54. The van der Waals surface area contributed by atoms with Crippen molar-refractivity contribution < 1.29 is 8.42 Å². The number of unbranched alkanes of at least 4 members (excludes halogenated alkanes) is 1. The second-order valence-electron chi connectivity index (χ2n) is 5.06. The first kappa shape index (κ1) is 17.6. The lowest BCUT2D eigenvalue weighted by atomic mass is 10.2. The minimum absolute atomic E-state index is 0.0205. The van der Waals surface area contributed by atoms with Crippen molar-refractivity contribution in [1.29, 1.82) is 0 Å². The predicted octanol–water partition coefficient (Wildman–Crippen LogP) is 3.10. The van der Waals surface area contributed by atoms with Gasteiger partial charge in [0.05, 0.1) is 4.90 Å². The normalized spacial score (nSPS) is 13.9. The highest BCUT2D eigenvalue weighted by Gasteiger charge is 2.30. The summed E-state index contributed by atoms with van der Waals surface area (Å²) in [4.78, 5) is 2.18. The maximum absolute atomic E-state index is 12.9. The molecule has 1 aromatic rings. The van der Waals surface area contributed by atoms with Crippen LogP contribution in [0, 0.1) is 6.92 Å². The third-order valence-corrected chi connectivity index (χ3v) is 6.87. The monoisotopic (exact) mass is 318 g/mol. The molecular weight excluding hydrogens is 292 g/mol. The lowest BCUT2D eigenvalue weighted by molar-refractivity contribution is 0.324. The summed E-state index contributed by atoms with van der Waals surface area (Å²) < 4.78 is 27.4. The van der Waals surface area contributed by atoms with Gasteiger partial charge in [-0.2, -0.15) is 4.31 Å². The highest BCUT2D eigenvalue weighted by molar-refractivity contribution is 7.89. The van der Waals surface area contributed by atoms with Gasteiger partial charge in [0.15, 0.2) is 0 Å². The molecule has 0 bridgehead atoms. The third kappa shape index (κ3) is 3.81. The Morgan fingerprint density at radius 1 is 1.40 bits per heavy atom. The molecule has 6 heteroatoms. The summed E-state index contributed by atoms with van der Waals surface area (Å²) >= 11 is 1.47. The van der Waals surface area contributed by atoms with Crippen LogP contribution in [0.2, 0.25) is 0 Å². The lowest BCUT2D eigenvalue weighted by Gasteiger charge is -2.27. The van der Waals surface area contributed by atoms with E-state index in [0.717, 1.165) is 29.0 Å². The van der Waals surface area contributed by atoms with Crippen molar-refractivity contribution in [3.05, 3.63) is 15.8 Å². The van der Waals surface area contributed by atoms with Crippen LogP contribution >= 0.6 is 11.3 Å². The Hall–Kier alpha value is -0.430. The fourth-order valence-corrected chi connectivity index (χ4v) is 5.33. The van der Waals surface area contributed by atoms with Gasteiger partial charge in [-0.3, -0.25) is 0 Å². The molecule has 0 aliphatic heterocycles. The van der Waals surface area contributed by atoms with Gasteiger partial charge in [-0.15, -0.1) is 11.3 Å². The van der Waals surface area contributed by atoms with Crippen LogP contribution in [0.25, 0.3) is 0 Å². The SMILES string of the molecule is CCCCN(C(C)CC)S(=O)(=O)c1cc(CN)sc1C. The average Bonchev–Trinajstić information content (AvgIpc) is 2.80. The molecule has 1 aromatic heterocycles. The molecule has 20 heavy (non-hydrogen) atoms. The molecule has 1 rings (SSSR count). The van der Waals surface area contributed by atoms with Crippen molar-refractivity contribution in [1.82, 2.24) is 4.31 Å². The van der Waals surface area contributed by atoms with Gasteiger partial charge in [0.1, 0.15) is 0 Å². The zero-order valence-corrected chi connectivity index (χ0v) is 14.5. The molecule has 2 N–H and O–H groups in total. The smallest absolute Gasteiger partial charge is 0.244 e. The van der Waals surface area contributed by atoms with E-state index in [-0.39, 0.29) is 6.04 Å². The quantitative estimate of drug-likeness (QED) is 0.801. The predicted molar refractivity (Wildman–Crippen MR) is 85.5 cm³/mol. The van der Waals surface area contributed by atoms with E-state index in [2.05, 4.69) is 6.92 Å². The van der Waals surface area contributed by atoms with Crippen molar-refractivity contribution in [2.45, 2.75) is 64.4 Å². The van der Waals surface area contributed by atoms with Crippen LogP contribution in [0.4, 0.5) is 0 Å². The van der Waals surface area contributed by atoms with Crippen LogP contribution < -0.4 is 5.73 Å². The Kier molecular flexibility index (Phi) is 6.64. The van der Waals surface area contributed by atoms with E-state index in [1.807, 2.05) is 20.8 Å².